The molecular weight excluding hydrogens is 336 g/mol. The fourth-order valence-corrected chi connectivity index (χ4v) is 3.20. The zero-order valence-corrected chi connectivity index (χ0v) is 14.0. The minimum atomic E-state index is -0.687. The summed E-state index contributed by atoms with van der Waals surface area (Å²) >= 11 is 1.13. The van der Waals surface area contributed by atoms with Crippen LogP contribution in [-0.4, -0.2) is 41.3 Å². The number of ether oxygens (including phenoxy) is 1. The number of anilines is 1. The first-order chi connectivity index (χ1) is 11.3. The van der Waals surface area contributed by atoms with Crippen molar-refractivity contribution in [1.29, 1.82) is 0 Å². The van der Waals surface area contributed by atoms with Gasteiger partial charge in [0.1, 0.15) is 5.69 Å². The molecule has 1 aliphatic heterocycles. The van der Waals surface area contributed by atoms with Gasteiger partial charge in [-0.3, -0.25) is 19.7 Å². The third-order valence-corrected chi connectivity index (χ3v) is 4.66. The van der Waals surface area contributed by atoms with Crippen molar-refractivity contribution in [2.24, 2.45) is 5.92 Å². The Morgan fingerprint density at radius 1 is 1.46 bits per heavy atom. The molecule has 1 heterocycles. The molecule has 2 rings (SSSR count). The van der Waals surface area contributed by atoms with E-state index in [1.807, 2.05) is 0 Å². The van der Waals surface area contributed by atoms with Crippen molar-refractivity contribution in [3.63, 3.8) is 0 Å². The second-order valence-corrected chi connectivity index (χ2v) is 6.53. The maximum Gasteiger partial charge on any atom is 0.338 e. The Labute approximate surface area is 142 Å². The van der Waals surface area contributed by atoms with Crippen molar-refractivity contribution in [3.8, 4) is 0 Å². The summed E-state index contributed by atoms with van der Waals surface area (Å²) in [5, 5.41) is 11.3. The van der Waals surface area contributed by atoms with Gasteiger partial charge in [0.25, 0.3) is 5.69 Å². The van der Waals surface area contributed by atoms with E-state index in [2.05, 4.69) is 4.74 Å². The summed E-state index contributed by atoms with van der Waals surface area (Å²) in [6.45, 7) is 1.76. The molecule has 0 bridgehead atoms. The Morgan fingerprint density at radius 3 is 2.75 bits per heavy atom. The molecule has 0 saturated carbocycles. The number of methoxy groups -OCH3 is 1. The fraction of sp³-hybridized carbons (Fsp3) is 0.400. The molecule has 128 valence electrons. The number of carbonyl (C=O) groups is 3. The number of amides is 1. The molecule has 0 aromatic heterocycles. The summed E-state index contributed by atoms with van der Waals surface area (Å²) in [6, 6.07) is 3.87. The van der Waals surface area contributed by atoms with Crippen LogP contribution < -0.4 is 4.90 Å². The van der Waals surface area contributed by atoms with Crippen LogP contribution in [0.15, 0.2) is 18.2 Å². The Morgan fingerprint density at radius 2 is 2.17 bits per heavy atom. The van der Waals surface area contributed by atoms with Gasteiger partial charge in [-0.05, 0) is 18.1 Å². The molecule has 0 spiro atoms. The number of hydrogen-bond acceptors (Lipinski definition) is 7. The molecular formula is C15H16N2O6S. The van der Waals surface area contributed by atoms with Gasteiger partial charge in [0.15, 0.2) is 5.12 Å². The fourth-order valence-electron chi connectivity index (χ4n) is 2.50. The van der Waals surface area contributed by atoms with Gasteiger partial charge in [0, 0.05) is 31.7 Å². The van der Waals surface area contributed by atoms with E-state index in [1.54, 1.807) is 0 Å². The van der Waals surface area contributed by atoms with Crippen molar-refractivity contribution in [3.05, 3.63) is 33.9 Å². The highest BCUT2D eigenvalue weighted by Crippen LogP contribution is 2.34. The van der Waals surface area contributed by atoms with Gasteiger partial charge in [0.2, 0.25) is 5.91 Å². The predicted molar refractivity (Wildman–Crippen MR) is 88.0 cm³/mol. The van der Waals surface area contributed by atoms with Gasteiger partial charge < -0.3 is 9.64 Å². The lowest BCUT2D eigenvalue weighted by Gasteiger charge is -2.17. The average Bonchev–Trinajstić information content (AvgIpc) is 2.92. The van der Waals surface area contributed by atoms with Crippen LogP contribution in [0.2, 0.25) is 0 Å². The maximum atomic E-state index is 12.2. The van der Waals surface area contributed by atoms with Crippen molar-refractivity contribution in [1.82, 2.24) is 0 Å². The molecule has 1 aromatic carbocycles. The van der Waals surface area contributed by atoms with E-state index in [1.165, 1.54) is 31.1 Å². The zero-order chi connectivity index (χ0) is 17.9. The molecule has 9 heteroatoms. The molecule has 1 aliphatic rings. The van der Waals surface area contributed by atoms with E-state index < -0.39 is 10.9 Å². The van der Waals surface area contributed by atoms with Crippen molar-refractivity contribution >= 4 is 40.1 Å². The van der Waals surface area contributed by atoms with Crippen LogP contribution in [0, 0.1) is 16.0 Å². The minimum Gasteiger partial charge on any atom is -0.465 e. The zero-order valence-electron chi connectivity index (χ0n) is 13.2. The lowest BCUT2D eigenvalue weighted by atomic mass is 10.1. The van der Waals surface area contributed by atoms with E-state index >= 15 is 0 Å². The summed E-state index contributed by atoms with van der Waals surface area (Å²) in [4.78, 5) is 46.8. The lowest BCUT2D eigenvalue weighted by Crippen LogP contribution is -2.25. The number of carbonyl (C=O) groups excluding carboxylic acids is 3. The molecule has 1 saturated heterocycles. The van der Waals surface area contributed by atoms with Crippen LogP contribution in [0.5, 0.6) is 0 Å². The van der Waals surface area contributed by atoms with E-state index in [-0.39, 0.29) is 40.3 Å². The maximum absolute atomic E-state index is 12.2. The molecule has 0 aliphatic carbocycles. The molecule has 1 atom stereocenters. The first-order valence-electron chi connectivity index (χ1n) is 7.14. The first kappa shape index (κ1) is 17.9. The Balaban J connectivity index is 2.27. The first-order valence-corrected chi connectivity index (χ1v) is 8.12. The van der Waals surface area contributed by atoms with Gasteiger partial charge in [-0.2, -0.15) is 0 Å². The molecule has 8 nitrogen and oxygen atoms in total. The van der Waals surface area contributed by atoms with E-state index in [0.29, 0.717) is 12.3 Å². The van der Waals surface area contributed by atoms with Gasteiger partial charge in [-0.15, -0.1) is 0 Å². The summed E-state index contributed by atoms with van der Waals surface area (Å²) in [5.41, 5.74) is -0.137. The molecule has 0 radical (unpaired) electrons. The van der Waals surface area contributed by atoms with Crippen molar-refractivity contribution < 1.29 is 24.0 Å². The third-order valence-electron chi connectivity index (χ3n) is 3.61. The minimum absolute atomic E-state index is 0.0330. The summed E-state index contributed by atoms with van der Waals surface area (Å²) in [6.07, 6.45) is 0.232. The van der Waals surface area contributed by atoms with Crippen LogP contribution in [0.3, 0.4) is 0 Å². The Bertz CT molecular complexity index is 705. The number of thioether (sulfide) groups is 1. The second-order valence-electron chi connectivity index (χ2n) is 5.33. The third kappa shape index (κ3) is 3.91. The average molecular weight is 352 g/mol. The van der Waals surface area contributed by atoms with Crippen molar-refractivity contribution in [2.75, 3.05) is 24.3 Å². The van der Waals surface area contributed by atoms with E-state index in [9.17, 15) is 24.5 Å². The normalized spacial score (nSPS) is 17.0. The van der Waals surface area contributed by atoms with Crippen LogP contribution in [-0.2, 0) is 14.3 Å². The molecule has 1 unspecified atom stereocenters. The van der Waals surface area contributed by atoms with Gasteiger partial charge >= 0.3 is 5.97 Å². The number of rotatable bonds is 5. The Hall–Kier alpha value is -2.42. The molecule has 0 N–H and O–H groups in total. The predicted octanol–water partition coefficient (Wildman–Crippen LogP) is 2.01. The largest absolute Gasteiger partial charge is 0.465 e. The van der Waals surface area contributed by atoms with Gasteiger partial charge in [-0.1, -0.05) is 11.8 Å². The van der Waals surface area contributed by atoms with E-state index in [4.69, 9.17) is 0 Å². The molecule has 1 aromatic rings. The van der Waals surface area contributed by atoms with Crippen molar-refractivity contribution in [2.45, 2.75) is 13.3 Å². The summed E-state index contributed by atoms with van der Waals surface area (Å²) in [7, 11) is 1.18. The number of nitro groups is 1. The summed E-state index contributed by atoms with van der Waals surface area (Å²) in [5.74, 6) is -0.483. The van der Waals surface area contributed by atoms with Crippen LogP contribution in [0.4, 0.5) is 11.4 Å². The highest BCUT2D eigenvalue weighted by Gasteiger charge is 2.34. The molecule has 1 fully saturated rings. The number of esters is 1. The number of hydrogen-bond donors (Lipinski definition) is 0. The highest BCUT2D eigenvalue weighted by atomic mass is 32.2. The quantitative estimate of drug-likeness (QED) is 0.453. The molecule has 1 amide bonds. The van der Waals surface area contributed by atoms with E-state index in [0.717, 1.165) is 17.8 Å². The standard InChI is InChI=1S/C15H16N2O6S/c1-9(18)24-8-10-5-14(19)16(7-10)12-4-3-11(15(20)23-2)6-13(12)17(21)22/h3-4,6,10H,5,7-8H2,1-2H3. The highest BCUT2D eigenvalue weighted by molar-refractivity contribution is 8.13. The smallest absolute Gasteiger partial charge is 0.338 e. The van der Waals surface area contributed by atoms with Crippen LogP contribution >= 0.6 is 11.8 Å². The monoisotopic (exact) mass is 352 g/mol. The second kappa shape index (κ2) is 7.43. The number of benzene rings is 1. The summed E-state index contributed by atoms with van der Waals surface area (Å²) < 4.78 is 4.55. The number of nitro benzene ring substituents is 1. The number of nitrogens with zero attached hydrogens (tertiary/aromatic N) is 2. The molecule has 24 heavy (non-hydrogen) atoms. The van der Waals surface area contributed by atoms with Crippen LogP contribution in [0.1, 0.15) is 23.7 Å². The lowest BCUT2D eigenvalue weighted by molar-refractivity contribution is -0.384. The van der Waals surface area contributed by atoms with Gasteiger partial charge in [0.05, 0.1) is 17.6 Å². The SMILES string of the molecule is COC(=O)c1ccc(N2CC(CSC(C)=O)CC2=O)c([N+](=O)[O-])c1. The Kier molecular flexibility index (Phi) is 5.55. The van der Waals surface area contributed by atoms with Gasteiger partial charge in [-0.25, -0.2) is 4.79 Å². The topological polar surface area (TPSA) is 107 Å². The van der Waals surface area contributed by atoms with Crippen LogP contribution in [0.25, 0.3) is 0 Å².